The molecule has 0 fully saturated rings. The van der Waals surface area contributed by atoms with Gasteiger partial charge >= 0.3 is 0 Å². The lowest BCUT2D eigenvalue weighted by molar-refractivity contribution is 0.405. The third-order valence-electron chi connectivity index (χ3n) is 3.72. The Bertz CT molecular complexity index is 529. The molecule has 1 rings (SSSR count). The van der Waals surface area contributed by atoms with Gasteiger partial charge in [0, 0.05) is 16.9 Å². The van der Waals surface area contributed by atoms with Gasteiger partial charge in [0.2, 0.25) is 0 Å². The number of hydrogen-bond acceptors (Lipinski definition) is 3. The Hall–Kier alpha value is -1.36. The monoisotopic (exact) mass is 337 g/mol. The highest BCUT2D eigenvalue weighted by Gasteiger charge is 2.17. The minimum atomic E-state index is 0.111. The zero-order chi connectivity index (χ0) is 17.5. The van der Waals surface area contributed by atoms with Gasteiger partial charge in [-0.2, -0.15) is 11.8 Å². The Morgan fingerprint density at radius 2 is 2.09 bits per heavy atom. The maximum Gasteiger partial charge on any atom is 0.191 e. The first-order valence-electron chi connectivity index (χ1n) is 8.07. The summed E-state index contributed by atoms with van der Waals surface area (Å²) < 4.78 is 5.62. The number of nitrogens with one attached hydrogen (secondary N) is 2. The summed E-state index contributed by atoms with van der Waals surface area (Å²) in [5.41, 5.74) is 2.36. The average Bonchev–Trinajstić information content (AvgIpc) is 2.52. The van der Waals surface area contributed by atoms with Gasteiger partial charge in [-0.25, -0.2) is 0 Å². The van der Waals surface area contributed by atoms with Crippen LogP contribution < -0.4 is 15.4 Å². The molecule has 0 bridgehead atoms. The van der Waals surface area contributed by atoms with Crippen LogP contribution in [0.15, 0.2) is 23.2 Å². The van der Waals surface area contributed by atoms with E-state index in [9.17, 15) is 0 Å². The van der Waals surface area contributed by atoms with E-state index >= 15 is 0 Å². The number of benzene rings is 1. The summed E-state index contributed by atoms with van der Waals surface area (Å²) in [5.74, 6) is 1.74. The van der Waals surface area contributed by atoms with Gasteiger partial charge in [-0.05, 0) is 46.9 Å². The van der Waals surface area contributed by atoms with E-state index in [4.69, 9.17) is 9.73 Å². The highest BCUT2D eigenvalue weighted by molar-refractivity contribution is 7.99. The molecule has 0 heterocycles. The summed E-state index contributed by atoms with van der Waals surface area (Å²) in [6.45, 7) is 12.3. The first-order valence-corrected chi connectivity index (χ1v) is 9.30. The number of aryl methyl sites for hydroxylation is 1. The number of ether oxygens (including phenoxy) is 1. The molecule has 1 unspecified atom stereocenters. The Balaban J connectivity index is 2.91. The summed E-state index contributed by atoms with van der Waals surface area (Å²) in [6.07, 6.45) is 2.12. The SMILES string of the molecule is CCNC(=NCC(C)(C)SC)NC(C)c1cc(C)ccc1OC. The maximum atomic E-state index is 5.49. The Kier molecular flexibility index (Phi) is 7.76. The molecule has 1 aromatic rings. The number of thioether (sulfide) groups is 1. The van der Waals surface area contributed by atoms with Crippen molar-refractivity contribution in [1.82, 2.24) is 10.6 Å². The number of guanidine groups is 1. The van der Waals surface area contributed by atoms with E-state index in [-0.39, 0.29) is 10.8 Å². The molecule has 0 spiro atoms. The number of nitrogens with zero attached hydrogens (tertiary/aromatic N) is 1. The lowest BCUT2D eigenvalue weighted by Crippen LogP contribution is -2.39. The molecule has 0 aliphatic carbocycles. The Morgan fingerprint density at radius 1 is 1.39 bits per heavy atom. The van der Waals surface area contributed by atoms with Crippen LogP contribution in [0.1, 0.15) is 44.9 Å². The summed E-state index contributed by atoms with van der Waals surface area (Å²) in [5, 5.41) is 6.80. The minimum absolute atomic E-state index is 0.111. The van der Waals surface area contributed by atoms with Crippen LogP contribution in [0.4, 0.5) is 0 Å². The molecule has 23 heavy (non-hydrogen) atoms. The van der Waals surface area contributed by atoms with Gasteiger partial charge in [-0.1, -0.05) is 17.7 Å². The van der Waals surface area contributed by atoms with E-state index in [1.807, 2.05) is 17.8 Å². The van der Waals surface area contributed by atoms with Crippen LogP contribution in [0.5, 0.6) is 5.75 Å². The zero-order valence-electron chi connectivity index (χ0n) is 15.5. The summed E-state index contributed by atoms with van der Waals surface area (Å²) in [4.78, 5) is 4.73. The Morgan fingerprint density at radius 3 is 2.65 bits per heavy atom. The fourth-order valence-corrected chi connectivity index (χ4v) is 2.32. The molecule has 1 aromatic carbocycles. The van der Waals surface area contributed by atoms with Crippen LogP contribution in [0.25, 0.3) is 0 Å². The molecule has 0 aromatic heterocycles. The maximum absolute atomic E-state index is 5.49. The number of aliphatic imine (C=N–C) groups is 1. The minimum Gasteiger partial charge on any atom is -0.496 e. The topological polar surface area (TPSA) is 45.7 Å². The molecule has 0 radical (unpaired) electrons. The molecule has 0 aliphatic heterocycles. The van der Waals surface area contributed by atoms with Crippen LogP contribution in [-0.4, -0.2) is 37.2 Å². The highest BCUT2D eigenvalue weighted by Crippen LogP contribution is 2.26. The summed E-state index contributed by atoms with van der Waals surface area (Å²) >= 11 is 1.83. The van der Waals surface area contributed by atoms with E-state index in [1.165, 1.54) is 5.56 Å². The third-order valence-corrected chi connectivity index (χ3v) is 4.95. The summed E-state index contributed by atoms with van der Waals surface area (Å²) in [7, 11) is 1.71. The lowest BCUT2D eigenvalue weighted by Gasteiger charge is -2.23. The first kappa shape index (κ1) is 19.7. The van der Waals surface area contributed by atoms with Gasteiger partial charge < -0.3 is 15.4 Å². The molecule has 2 N–H and O–H groups in total. The van der Waals surface area contributed by atoms with Gasteiger partial charge in [0.1, 0.15) is 5.75 Å². The van der Waals surface area contributed by atoms with Gasteiger partial charge in [-0.15, -0.1) is 0 Å². The van der Waals surface area contributed by atoms with Crippen molar-refractivity contribution in [2.24, 2.45) is 4.99 Å². The van der Waals surface area contributed by atoms with E-state index in [0.29, 0.717) is 0 Å². The second kappa shape index (κ2) is 9.06. The van der Waals surface area contributed by atoms with Crippen molar-refractivity contribution in [3.05, 3.63) is 29.3 Å². The van der Waals surface area contributed by atoms with Crippen LogP contribution in [0.2, 0.25) is 0 Å². The first-order chi connectivity index (χ1) is 10.8. The lowest BCUT2D eigenvalue weighted by atomic mass is 10.0. The van der Waals surface area contributed by atoms with Gasteiger partial charge in [0.15, 0.2) is 5.96 Å². The van der Waals surface area contributed by atoms with E-state index < -0.39 is 0 Å². The van der Waals surface area contributed by atoms with Crippen LogP contribution in [-0.2, 0) is 0 Å². The second-order valence-corrected chi connectivity index (χ2v) is 7.78. The van der Waals surface area contributed by atoms with Crippen molar-refractivity contribution in [2.75, 3.05) is 26.5 Å². The largest absolute Gasteiger partial charge is 0.496 e. The normalized spacial score (nSPS) is 13.6. The van der Waals surface area contributed by atoms with Crippen molar-refractivity contribution < 1.29 is 4.74 Å². The Labute approximate surface area is 145 Å². The number of hydrogen-bond donors (Lipinski definition) is 2. The smallest absolute Gasteiger partial charge is 0.191 e. The summed E-state index contributed by atoms with van der Waals surface area (Å²) in [6, 6.07) is 6.35. The standard InChI is InChI=1S/C18H31N3OS/c1-8-19-17(20-12-18(4,5)23-7)21-14(3)15-11-13(2)9-10-16(15)22-6/h9-11,14H,8,12H2,1-7H3,(H2,19,20,21). The molecule has 130 valence electrons. The fourth-order valence-electron chi connectivity index (χ4n) is 2.13. The molecule has 0 saturated heterocycles. The highest BCUT2D eigenvalue weighted by atomic mass is 32.2. The van der Waals surface area contributed by atoms with Crippen molar-refractivity contribution in [1.29, 1.82) is 0 Å². The molecular weight excluding hydrogens is 306 g/mol. The zero-order valence-corrected chi connectivity index (χ0v) is 16.3. The fraction of sp³-hybridized carbons (Fsp3) is 0.611. The predicted octanol–water partition coefficient (Wildman–Crippen LogP) is 3.76. The third kappa shape index (κ3) is 6.34. The van der Waals surface area contributed by atoms with Crippen molar-refractivity contribution in [3.63, 3.8) is 0 Å². The number of rotatable bonds is 7. The molecule has 0 amide bonds. The second-order valence-electron chi connectivity index (χ2n) is 6.27. The quantitative estimate of drug-likeness (QED) is 0.587. The molecule has 5 heteroatoms. The van der Waals surface area contributed by atoms with Gasteiger partial charge in [0.25, 0.3) is 0 Å². The van der Waals surface area contributed by atoms with E-state index in [1.54, 1.807) is 7.11 Å². The predicted molar refractivity (Wildman–Crippen MR) is 103 cm³/mol. The van der Waals surface area contributed by atoms with Crippen molar-refractivity contribution in [2.45, 2.75) is 45.4 Å². The molecular formula is C18H31N3OS. The van der Waals surface area contributed by atoms with Gasteiger partial charge in [0.05, 0.1) is 19.7 Å². The molecule has 0 aliphatic rings. The van der Waals surface area contributed by atoms with Crippen molar-refractivity contribution >= 4 is 17.7 Å². The molecule has 4 nitrogen and oxygen atoms in total. The molecule has 1 atom stereocenters. The van der Waals surface area contributed by atoms with Gasteiger partial charge in [-0.3, -0.25) is 4.99 Å². The van der Waals surface area contributed by atoms with Crippen molar-refractivity contribution in [3.8, 4) is 5.75 Å². The van der Waals surface area contributed by atoms with Crippen LogP contribution >= 0.6 is 11.8 Å². The number of methoxy groups -OCH3 is 1. The van der Waals surface area contributed by atoms with Crippen LogP contribution in [0, 0.1) is 6.92 Å². The van der Waals surface area contributed by atoms with E-state index in [0.717, 1.165) is 30.4 Å². The molecule has 0 saturated carbocycles. The van der Waals surface area contributed by atoms with Crippen LogP contribution in [0.3, 0.4) is 0 Å². The average molecular weight is 338 g/mol. The van der Waals surface area contributed by atoms with E-state index in [2.05, 4.69) is 63.6 Å².